The second-order valence-corrected chi connectivity index (χ2v) is 8.96. The molecule has 0 aliphatic rings. The third-order valence-corrected chi connectivity index (χ3v) is 6.45. The number of hydrogen-bond donors (Lipinski definition) is 1. The maximum absolute atomic E-state index is 12.9. The van der Waals surface area contributed by atoms with E-state index in [9.17, 15) is 4.79 Å². The van der Waals surface area contributed by atoms with E-state index in [1.807, 2.05) is 61.5 Å². The number of fused-ring (bicyclic) bond motifs is 1. The normalized spacial score (nSPS) is 12.3. The van der Waals surface area contributed by atoms with Crippen molar-refractivity contribution >= 4 is 52.0 Å². The van der Waals surface area contributed by atoms with Crippen LogP contribution in [0.15, 0.2) is 65.1 Å². The highest BCUT2D eigenvalue weighted by Crippen LogP contribution is 2.30. The van der Waals surface area contributed by atoms with Crippen LogP contribution in [0.5, 0.6) is 0 Å². The highest BCUT2D eigenvalue weighted by molar-refractivity contribution is 8.02. The van der Waals surface area contributed by atoms with Gasteiger partial charge in [0.2, 0.25) is 0 Å². The number of nitrogens with one attached hydrogen (secondary N) is 1. The van der Waals surface area contributed by atoms with E-state index < -0.39 is 0 Å². The van der Waals surface area contributed by atoms with E-state index in [1.165, 1.54) is 23.1 Å². The van der Waals surface area contributed by atoms with Gasteiger partial charge in [0.05, 0.1) is 10.9 Å². The van der Waals surface area contributed by atoms with Gasteiger partial charge in [-0.1, -0.05) is 59.5 Å². The van der Waals surface area contributed by atoms with Crippen molar-refractivity contribution in [1.82, 2.24) is 14.8 Å². The topological polar surface area (TPSA) is 50.7 Å². The number of hydrogen-bond acceptors (Lipinski definition) is 5. The molecule has 0 spiro atoms. The molecule has 4 nitrogen and oxygen atoms in total. The molecule has 4 rings (SSSR count). The van der Waals surface area contributed by atoms with E-state index in [4.69, 9.17) is 12.2 Å². The van der Waals surface area contributed by atoms with Gasteiger partial charge in [-0.2, -0.15) is 0 Å². The van der Waals surface area contributed by atoms with Crippen molar-refractivity contribution in [3.05, 3.63) is 70.3 Å². The zero-order chi connectivity index (χ0) is 18.1. The Kier molecular flexibility index (Phi) is 4.76. The number of nitrogens with zero attached hydrogens (tertiary/aromatic N) is 2. The first kappa shape index (κ1) is 17.2. The van der Waals surface area contributed by atoms with Crippen molar-refractivity contribution in [2.75, 3.05) is 0 Å². The van der Waals surface area contributed by atoms with Crippen LogP contribution in [0.1, 0.15) is 17.3 Å². The third kappa shape index (κ3) is 3.25. The van der Waals surface area contributed by atoms with E-state index in [1.54, 1.807) is 10.9 Å². The predicted octanol–water partition coefficient (Wildman–Crippen LogP) is 5.51. The number of rotatable bonds is 5. The number of para-hydroxylation sites is 2. The summed E-state index contributed by atoms with van der Waals surface area (Å²) in [4.78, 5) is 16.0. The molecule has 2 aromatic heterocycles. The first-order valence-electron chi connectivity index (χ1n) is 8.06. The minimum Gasteiger partial charge on any atom is -0.360 e. The molecule has 0 bridgehead atoms. The second kappa shape index (κ2) is 7.19. The molecule has 0 saturated carbocycles. The summed E-state index contributed by atoms with van der Waals surface area (Å²) in [6.07, 6.45) is 1.79. The smallest absolute Gasteiger partial charge is 0.184 e. The molecule has 1 N–H and O–H groups in total. The lowest BCUT2D eigenvalue weighted by Gasteiger charge is -2.07. The lowest BCUT2D eigenvalue weighted by Crippen LogP contribution is -2.13. The first-order valence-corrected chi connectivity index (χ1v) is 10.2. The van der Waals surface area contributed by atoms with Crippen molar-refractivity contribution in [2.24, 2.45) is 0 Å². The number of carbonyl (C=O) groups excluding carboxylic acids is 1. The highest BCUT2D eigenvalue weighted by Gasteiger charge is 2.21. The van der Waals surface area contributed by atoms with E-state index in [-0.39, 0.29) is 11.0 Å². The maximum Gasteiger partial charge on any atom is 0.184 e. The van der Waals surface area contributed by atoms with Gasteiger partial charge in [0, 0.05) is 22.7 Å². The van der Waals surface area contributed by atoms with Crippen molar-refractivity contribution < 1.29 is 4.79 Å². The van der Waals surface area contributed by atoms with Crippen LogP contribution < -0.4 is 0 Å². The molecular formula is C19H15N3OS3. The Morgan fingerprint density at radius 2 is 1.92 bits per heavy atom. The molecule has 1 atom stereocenters. The van der Waals surface area contributed by atoms with E-state index in [0.29, 0.717) is 9.52 Å². The van der Waals surface area contributed by atoms with Gasteiger partial charge >= 0.3 is 0 Å². The summed E-state index contributed by atoms with van der Waals surface area (Å²) in [5.74, 6) is 0.0832. The average molecular weight is 398 g/mol. The number of Topliss-reactive ketones (excluding diaryl/α,β-unsaturated/α-hetero) is 1. The lowest BCUT2D eigenvalue weighted by atomic mass is 10.1. The number of ketones is 1. The van der Waals surface area contributed by atoms with Crippen molar-refractivity contribution in [2.45, 2.75) is 16.5 Å². The molecule has 0 amide bonds. The molecule has 2 heterocycles. The molecule has 0 unspecified atom stereocenters. The van der Waals surface area contributed by atoms with Gasteiger partial charge in [0.1, 0.15) is 0 Å². The van der Waals surface area contributed by atoms with E-state index >= 15 is 0 Å². The van der Waals surface area contributed by atoms with Crippen LogP contribution in [0.3, 0.4) is 0 Å². The van der Waals surface area contributed by atoms with Gasteiger partial charge in [-0.15, -0.1) is 5.10 Å². The highest BCUT2D eigenvalue weighted by atomic mass is 32.2. The Hall–Kier alpha value is -2.22. The van der Waals surface area contributed by atoms with Crippen LogP contribution in [-0.2, 0) is 0 Å². The molecule has 7 heteroatoms. The Morgan fingerprint density at radius 3 is 2.73 bits per heavy atom. The van der Waals surface area contributed by atoms with Crippen LogP contribution >= 0.6 is 35.3 Å². The molecule has 0 aliphatic heterocycles. The average Bonchev–Trinajstić information content (AvgIpc) is 3.25. The molecular weight excluding hydrogens is 382 g/mol. The minimum absolute atomic E-state index is 0.0832. The van der Waals surface area contributed by atoms with Crippen molar-refractivity contribution in [1.29, 1.82) is 0 Å². The van der Waals surface area contributed by atoms with Crippen LogP contribution in [-0.4, -0.2) is 25.8 Å². The molecule has 0 aliphatic carbocycles. The van der Waals surface area contributed by atoms with Gasteiger partial charge < -0.3 is 4.98 Å². The van der Waals surface area contributed by atoms with Crippen molar-refractivity contribution in [3.63, 3.8) is 0 Å². The fourth-order valence-corrected chi connectivity index (χ4v) is 5.31. The molecule has 130 valence electrons. The Bertz CT molecular complexity index is 1130. The maximum atomic E-state index is 12.9. The molecule has 4 aromatic rings. The summed E-state index contributed by atoms with van der Waals surface area (Å²) in [7, 11) is 0. The Labute approximate surface area is 163 Å². The number of aromatic amines is 1. The summed E-state index contributed by atoms with van der Waals surface area (Å²) in [5, 5.41) is 5.28. The number of thioether (sulfide) groups is 1. The Morgan fingerprint density at radius 1 is 1.19 bits per heavy atom. The van der Waals surface area contributed by atoms with Crippen LogP contribution in [0.2, 0.25) is 0 Å². The predicted molar refractivity (Wildman–Crippen MR) is 110 cm³/mol. The van der Waals surface area contributed by atoms with Gasteiger partial charge in [0.15, 0.2) is 14.1 Å². The number of aromatic nitrogens is 3. The first-order chi connectivity index (χ1) is 12.6. The van der Waals surface area contributed by atoms with Gasteiger partial charge in [-0.25, -0.2) is 4.68 Å². The fourth-order valence-electron chi connectivity index (χ4n) is 2.74. The monoisotopic (exact) mass is 397 g/mol. The largest absolute Gasteiger partial charge is 0.360 e. The lowest BCUT2D eigenvalue weighted by molar-refractivity contribution is 0.0995. The molecule has 0 radical (unpaired) electrons. The standard InChI is InChI=1S/C19H15N3OS3/c1-12(17(23)15-11-20-16-10-6-5-9-14(15)16)25-18-21-22(19(24)26-18)13-7-3-2-4-8-13/h2-12,20H,1H3/t12-/m1/s1. The molecule has 0 fully saturated rings. The third-order valence-electron chi connectivity index (χ3n) is 4.03. The summed E-state index contributed by atoms with van der Waals surface area (Å²) in [6.45, 7) is 1.91. The van der Waals surface area contributed by atoms with Gasteiger partial charge in [-0.3, -0.25) is 4.79 Å². The zero-order valence-electron chi connectivity index (χ0n) is 13.9. The zero-order valence-corrected chi connectivity index (χ0v) is 16.3. The molecule has 0 saturated heterocycles. The van der Waals surface area contributed by atoms with Crippen molar-refractivity contribution in [3.8, 4) is 5.69 Å². The van der Waals surface area contributed by atoms with Crippen LogP contribution in [0, 0.1) is 3.95 Å². The van der Waals surface area contributed by atoms with Gasteiger partial charge in [-0.05, 0) is 37.3 Å². The molecule has 26 heavy (non-hydrogen) atoms. The van der Waals surface area contributed by atoms with E-state index in [0.717, 1.165) is 20.9 Å². The number of carbonyl (C=O) groups is 1. The second-order valence-electron chi connectivity index (χ2n) is 5.75. The van der Waals surface area contributed by atoms with E-state index in [2.05, 4.69) is 10.1 Å². The summed E-state index contributed by atoms with van der Waals surface area (Å²) in [5.41, 5.74) is 2.61. The summed E-state index contributed by atoms with van der Waals surface area (Å²) in [6, 6.07) is 17.6. The minimum atomic E-state index is -0.251. The SMILES string of the molecule is C[C@@H](Sc1nn(-c2ccccc2)c(=S)s1)C(=O)c1c[nH]c2ccccc12. The number of benzene rings is 2. The fraction of sp³-hybridized carbons (Fsp3) is 0.105. The summed E-state index contributed by atoms with van der Waals surface area (Å²) >= 11 is 8.30. The van der Waals surface area contributed by atoms with Crippen LogP contribution in [0.25, 0.3) is 16.6 Å². The number of H-pyrrole nitrogens is 1. The molecule has 2 aromatic carbocycles. The van der Waals surface area contributed by atoms with Crippen LogP contribution in [0.4, 0.5) is 0 Å². The summed E-state index contributed by atoms with van der Waals surface area (Å²) < 4.78 is 3.20. The van der Waals surface area contributed by atoms with Gasteiger partial charge in [0.25, 0.3) is 0 Å². The quantitative estimate of drug-likeness (QED) is 0.274. The Balaban J connectivity index is 1.58.